The maximum Gasteiger partial charge on any atom is 0.255 e. The lowest BCUT2D eigenvalue weighted by Crippen LogP contribution is -2.54. The molecule has 2 aromatic rings. The van der Waals surface area contributed by atoms with Crippen molar-refractivity contribution in [2.24, 2.45) is 5.92 Å². The van der Waals surface area contributed by atoms with E-state index >= 15 is 0 Å². The maximum absolute atomic E-state index is 14.4. The molecule has 0 aromatic heterocycles. The van der Waals surface area contributed by atoms with Crippen LogP contribution in [0.4, 0.5) is 18.9 Å². The van der Waals surface area contributed by atoms with Crippen LogP contribution in [-0.2, 0) is 4.79 Å². The van der Waals surface area contributed by atoms with Crippen LogP contribution in [0.5, 0.6) is 11.5 Å². The van der Waals surface area contributed by atoms with Crippen molar-refractivity contribution in [2.75, 3.05) is 24.6 Å². The standard InChI is InChI=1S/C24H26F3NO3/c1-15(9-16(2)29)17-3-5-19(6-4-17)31-21-12-28(13-21)23-8-7-20(10-22(23)25)30-14-18-11-24(18,26)27/h3-8,10,15,18,21H,9,11-14H2,1-2H3/t15-,18?/m1/s1. The molecule has 0 bridgehead atoms. The quantitative estimate of drug-likeness (QED) is 0.544. The fourth-order valence-electron chi connectivity index (χ4n) is 3.81. The number of anilines is 1. The lowest BCUT2D eigenvalue weighted by atomic mass is 9.96. The number of rotatable bonds is 9. The van der Waals surface area contributed by atoms with Gasteiger partial charge in [-0.3, -0.25) is 0 Å². The molecule has 1 unspecified atom stereocenters. The molecule has 1 aliphatic heterocycles. The van der Waals surface area contributed by atoms with Crippen LogP contribution in [0.15, 0.2) is 42.5 Å². The minimum absolute atomic E-state index is 0.0482. The number of alkyl halides is 2. The SMILES string of the molecule is CC(=O)C[C@@H](C)c1ccc(OC2CN(c3ccc(OCC4CC4(F)F)cc3F)C2)cc1. The molecular formula is C24H26F3NO3. The van der Waals surface area contributed by atoms with Crippen molar-refractivity contribution < 1.29 is 27.4 Å². The number of carbonyl (C=O) groups is 1. The summed E-state index contributed by atoms with van der Waals surface area (Å²) in [6, 6.07) is 12.2. The molecule has 166 valence electrons. The second kappa shape index (κ2) is 8.44. The molecule has 2 fully saturated rings. The molecule has 1 saturated carbocycles. The molecule has 4 nitrogen and oxygen atoms in total. The first kappa shape index (κ1) is 21.5. The molecular weight excluding hydrogens is 407 g/mol. The van der Waals surface area contributed by atoms with E-state index in [-0.39, 0.29) is 36.6 Å². The van der Waals surface area contributed by atoms with Gasteiger partial charge in [-0.15, -0.1) is 0 Å². The third kappa shape index (κ3) is 5.14. The second-order valence-electron chi connectivity index (χ2n) is 8.61. The number of hydrogen-bond donors (Lipinski definition) is 0. The van der Waals surface area contributed by atoms with E-state index < -0.39 is 17.7 Å². The van der Waals surface area contributed by atoms with Gasteiger partial charge in [-0.25, -0.2) is 13.2 Å². The summed E-state index contributed by atoms with van der Waals surface area (Å²) >= 11 is 0. The van der Waals surface area contributed by atoms with Crippen LogP contribution in [0, 0.1) is 11.7 Å². The molecule has 2 aliphatic rings. The zero-order valence-corrected chi connectivity index (χ0v) is 17.6. The van der Waals surface area contributed by atoms with Gasteiger partial charge in [0.25, 0.3) is 5.92 Å². The molecule has 4 rings (SSSR count). The smallest absolute Gasteiger partial charge is 0.255 e. The van der Waals surface area contributed by atoms with E-state index in [0.29, 0.717) is 25.2 Å². The van der Waals surface area contributed by atoms with Gasteiger partial charge in [0, 0.05) is 18.9 Å². The summed E-state index contributed by atoms with van der Waals surface area (Å²) in [5.74, 6) is -2.52. The first-order valence-electron chi connectivity index (χ1n) is 10.5. The molecule has 0 spiro atoms. The van der Waals surface area contributed by atoms with Gasteiger partial charge < -0.3 is 19.2 Å². The largest absolute Gasteiger partial charge is 0.493 e. The van der Waals surface area contributed by atoms with Crippen molar-refractivity contribution in [3.05, 3.63) is 53.8 Å². The highest BCUT2D eigenvalue weighted by Crippen LogP contribution is 2.48. The molecule has 31 heavy (non-hydrogen) atoms. The van der Waals surface area contributed by atoms with Crippen molar-refractivity contribution in [1.82, 2.24) is 0 Å². The van der Waals surface area contributed by atoms with E-state index in [1.807, 2.05) is 36.1 Å². The molecule has 1 heterocycles. The molecule has 2 atom stereocenters. The van der Waals surface area contributed by atoms with Crippen molar-refractivity contribution in [3.8, 4) is 11.5 Å². The summed E-state index contributed by atoms with van der Waals surface area (Å²) in [5, 5.41) is 0. The number of halogens is 3. The van der Waals surface area contributed by atoms with Crippen LogP contribution in [0.3, 0.4) is 0 Å². The first-order chi connectivity index (χ1) is 14.7. The minimum Gasteiger partial charge on any atom is -0.493 e. The van der Waals surface area contributed by atoms with Crippen LogP contribution >= 0.6 is 0 Å². The van der Waals surface area contributed by atoms with Gasteiger partial charge >= 0.3 is 0 Å². The Kier molecular flexibility index (Phi) is 5.86. The predicted octanol–water partition coefficient (Wildman–Crippen LogP) is 5.21. The highest BCUT2D eigenvalue weighted by Gasteiger charge is 2.57. The normalized spacial score (nSPS) is 20.7. The fourth-order valence-corrected chi connectivity index (χ4v) is 3.81. The molecule has 2 aromatic carbocycles. The molecule has 0 N–H and O–H groups in total. The summed E-state index contributed by atoms with van der Waals surface area (Å²) in [4.78, 5) is 13.1. The number of Topliss-reactive ketones (excluding diaryl/α,β-unsaturated/α-hetero) is 1. The predicted molar refractivity (Wildman–Crippen MR) is 112 cm³/mol. The van der Waals surface area contributed by atoms with Gasteiger partial charge in [0.15, 0.2) is 0 Å². The Morgan fingerprint density at radius 2 is 1.81 bits per heavy atom. The number of ketones is 1. The van der Waals surface area contributed by atoms with E-state index in [0.717, 1.165) is 11.3 Å². The fraction of sp³-hybridized carbons (Fsp3) is 0.458. The van der Waals surface area contributed by atoms with Crippen LogP contribution in [0.2, 0.25) is 0 Å². The summed E-state index contributed by atoms with van der Waals surface area (Å²) in [6.07, 6.45) is 0.302. The Hall–Kier alpha value is -2.70. The highest BCUT2D eigenvalue weighted by molar-refractivity contribution is 5.76. The average molecular weight is 433 g/mol. The summed E-state index contributed by atoms with van der Waals surface area (Å²) in [7, 11) is 0. The second-order valence-corrected chi connectivity index (χ2v) is 8.61. The van der Waals surface area contributed by atoms with E-state index in [4.69, 9.17) is 9.47 Å². The number of benzene rings is 2. The van der Waals surface area contributed by atoms with E-state index in [1.54, 1.807) is 19.1 Å². The van der Waals surface area contributed by atoms with Crippen molar-refractivity contribution in [1.29, 1.82) is 0 Å². The average Bonchev–Trinajstić information content (AvgIpc) is 3.30. The van der Waals surface area contributed by atoms with Crippen molar-refractivity contribution in [3.63, 3.8) is 0 Å². The number of hydrogen-bond acceptors (Lipinski definition) is 4. The Labute approximate surface area is 180 Å². The third-order valence-electron chi connectivity index (χ3n) is 5.86. The van der Waals surface area contributed by atoms with Gasteiger partial charge in [-0.05, 0) is 42.7 Å². The number of nitrogens with zero attached hydrogens (tertiary/aromatic N) is 1. The van der Waals surface area contributed by atoms with Gasteiger partial charge in [0.05, 0.1) is 31.3 Å². The Bertz CT molecular complexity index is 942. The molecule has 0 amide bonds. The monoisotopic (exact) mass is 433 g/mol. The van der Waals surface area contributed by atoms with Gasteiger partial charge in [0.2, 0.25) is 0 Å². The highest BCUT2D eigenvalue weighted by atomic mass is 19.3. The van der Waals surface area contributed by atoms with Gasteiger partial charge in [-0.1, -0.05) is 19.1 Å². The topological polar surface area (TPSA) is 38.8 Å². The Morgan fingerprint density at radius 1 is 1.16 bits per heavy atom. The molecule has 1 saturated heterocycles. The maximum atomic E-state index is 14.4. The van der Waals surface area contributed by atoms with Crippen LogP contribution in [0.1, 0.15) is 38.2 Å². The van der Waals surface area contributed by atoms with Crippen LogP contribution < -0.4 is 14.4 Å². The number of carbonyl (C=O) groups excluding carboxylic acids is 1. The number of ether oxygens (including phenoxy) is 2. The molecule has 1 aliphatic carbocycles. The van der Waals surface area contributed by atoms with Crippen LogP contribution in [-0.4, -0.2) is 37.5 Å². The Balaban J connectivity index is 1.25. The zero-order chi connectivity index (χ0) is 22.2. The summed E-state index contributed by atoms with van der Waals surface area (Å²) < 4.78 is 51.5. The molecule has 7 heteroatoms. The van der Waals surface area contributed by atoms with Crippen molar-refractivity contribution in [2.45, 2.75) is 44.6 Å². The minimum atomic E-state index is -2.64. The van der Waals surface area contributed by atoms with Gasteiger partial charge in [0.1, 0.15) is 29.2 Å². The van der Waals surface area contributed by atoms with Crippen LogP contribution in [0.25, 0.3) is 0 Å². The van der Waals surface area contributed by atoms with E-state index in [2.05, 4.69) is 0 Å². The Morgan fingerprint density at radius 3 is 2.39 bits per heavy atom. The lowest BCUT2D eigenvalue weighted by Gasteiger charge is -2.40. The summed E-state index contributed by atoms with van der Waals surface area (Å²) in [6.45, 7) is 4.61. The molecule has 0 radical (unpaired) electrons. The van der Waals surface area contributed by atoms with E-state index in [1.165, 1.54) is 6.07 Å². The lowest BCUT2D eigenvalue weighted by molar-refractivity contribution is -0.117. The zero-order valence-electron chi connectivity index (χ0n) is 17.6. The third-order valence-corrected chi connectivity index (χ3v) is 5.86. The summed E-state index contributed by atoms with van der Waals surface area (Å²) in [5.41, 5.74) is 1.53. The van der Waals surface area contributed by atoms with Gasteiger partial charge in [-0.2, -0.15) is 0 Å². The van der Waals surface area contributed by atoms with Crippen molar-refractivity contribution >= 4 is 11.5 Å². The van der Waals surface area contributed by atoms with E-state index in [9.17, 15) is 18.0 Å². The first-order valence-corrected chi connectivity index (χ1v) is 10.5.